The van der Waals surface area contributed by atoms with Gasteiger partial charge in [-0.25, -0.2) is 4.68 Å². The van der Waals surface area contributed by atoms with Gasteiger partial charge < -0.3 is 0 Å². The Balaban J connectivity index is 2.02. The van der Waals surface area contributed by atoms with Crippen molar-refractivity contribution in [3.05, 3.63) is 72.7 Å². The molecule has 0 bridgehead atoms. The minimum atomic E-state index is 0.346. The van der Waals surface area contributed by atoms with Crippen LogP contribution in [0.2, 0.25) is 0 Å². The summed E-state index contributed by atoms with van der Waals surface area (Å²) in [5.41, 5.74) is 3.53. The summed E-state index contributed by atoms with van der Waals surface area (Å²) < 4.78 is 1.73. The van der Waals surface area contributed by atoms with Crippen LogP contribution in [0.25, 0.3) is 28.0 Å². The number of rotatable bonds is 2. The van der Waals surface area contributed by atoms with Crippen molar-refractivity contribution in [1.29, 1.82) is 5.26 Å². The number of hydrogen-bond donors (Lipinski definition) is 0. The van der Waals surface area contributed by atoms with E-state index in [-0.39, 0.29) is 0 Å². The molecule has 0 aliphatic carbocycles. The second-order valence-electron chi connectivity index (χ2n) is 5.01. The highest BCUT2D eigenvalue weighted by Gasteiger charge is 2.14. The zero-order valence-electron chi connectivity index (χ0n) is 12.1. The van der Waals surface area contributed by atoms with Gasteiger partial charge in [-0.1, -0.05) is 24.3 Å². The molecule has 0 fully saturated rings. The van der Waals surface area contributed by atoms with Crippen LogP contribution < -0.4 is 0 Å². The molecule has 3 aromatic heterocycles. The Hall–Kier alpha value is -3.52. The fraction of sp³-hybridized carbons (Fsp3) is 0. The smallest absolute Gasteiger partial charge is 0.163 e. The zero-order chi connectivity index (χ0) is 15.6. The Morgan fingerprint density at radius 3 is 2.61 bits per heavy atom. The van der Waals surface area contributed by atoms with E-state index in [0.717, 1.165) is 28.0 Å². The molecule has 1 aromatic carbocycles. The van der Waals surface area contributed by atoms with E-state index in [2.05, 4.69) is 21.1 Å². The van der Waals surface area contributed by atoms with Gasteiger partial charge in [0.15, 0.2) is 5.69 Å². The van der Waals surface area contributed by atoms with Crippen LogP contribution in [0.4, 0.5) is 0 Å². The highest BCUT2D eigenvalue weighted by molar-refractivity contribution is 5.86. The third-order valence-corrected chi connectivity index (χ3v) is 3.59. The number of benzene rings is 1. The molecule has 0 radical (unpaired) electrons. The van der Waals surface area contributed by atoms with Crippen molar-refractivity contribution in [2.75, 3.05) is 0 Å². The summed E-state index contributed by atoms with van der Waals surface area (Å²) in [6.45, 7) is 0. The van der Waals surface area contributed by atoms with Crippen LogP contribution in [0.3, 0.4) is 0 Å². The molecular weight excluding hydrogens is 286 g/mol. The number of aromatic nitrogens is 4. The maximum atomic E-state index is 9.22. The lowest BCUT2D eigenvalue weighted by Crippen LogP contribution is -2.02. The van der Waals surface area contributed by atoms with Crippen LogP contribution in [-0.2, 0) is 0 Å². The van der Waals surface area contributed by atoms with Gasteiger partial charge in [0.1, 0.15) is 6.07 Å². The van der Waals surface area contributed by atoms with Gasteiger partial charge in [0.25, 0.3) is 0 Å². The maximum absolute atomic E-state index is 9.22. The Bertz CT molecular complexity index is 1020. The van der Waals surface area contributed by atoms with E-state index >= 15 is 0 Å². The van der Waals surface area contributed by atoms with E-state index in [9.17, 15) is 5.26 Å². The molecule has 5 nitrogen and oxygen atoms in total. The summed E-state index contributed by atoms with van der Waals surface area (Å²) in [5.74, 6) is 0. The first-order valence-corrected chi connectivity index (χ1v) is 7.12. The van der Waals surface area contributed by atoms with Crippen LogP contribution in [0.1, 0.15) is 5.69 Å². The van der Waals surface area contributed by atoms with Crippen LogP contribution in [0, 0.1) is 11.3 Å². The largest absolute Gasteiger partial charge is 0.255 e. The van der Waals surface area contributed by atoms with Crippen LogP contribution in [-0.4, -0.2) is 19.7 Å². The van der Waals surface area contributed by atoms with Gasteiger partial charge in [0, 0.05) is 23.8 Å². The first-order valence-electron chi connectivity index (χ1n) is 7.12. The summed E-state index contributed by atoms with van der Waals surface area (Å²) in [4.78, 5) is 8.84. The molecule has 5 heteroatoms. The normalized spacial score (nSPS) is 10.6. The summed E-state index contributed by atoms with van der Waals surface area (Å²) in [5, 5.41) is 14.6. The van der Waals surface area contributed by atoms with Gasteiger partial charge in [0.2, 0.25) is 0 Å². The molecule has 0 saturated carbocycles. The summed E-state index contributed by atoms with van der Waals surface area (Å²) in [6.07, 6.45) is 3.47. The molecule has 108 valence electrons. The Morgan fingerprint density at radius 2 is 1.78 bits per heavy atom. The first-order chi connectivity index (χ1) is 11.4. The number of hydrogen-bond acceptors (Lipinski definition) is 4. The third-order valence-electron chi connectivity index (χ3n) is 3.59. The minimum absolute atomic E-state index is 0.346. The highest BCUT2D eigenvalue weighted by Crippen LogP contribution is 2.26. The fourth-order valence-corrected chi connectivity index (χ4v) is 2.58. The predicted molar refractivity (Wildman–Crippen MR) is 86.8 cm³/mol. The van der Waals surface area contributed by atoms with Crippen LogP contribution in [0.15, 0.2) is 67.0 Å². The van der Waals surface area contributed by atoms with E-state index in [1.807, 2.05) is 48.5 Å². The molecule has 0 spiro atoms. The second-order valence-corrected chi connectivity index (χ2v) is 5.01. The third kappa shape index (κ3) is 2.23. The molecular formula is C18H11N5. The lowest BCUT2D eigenvalue weighted by atomic mass is 10.2. The molecule has 4 rings (SSSR count). The monoisotopic (exact) mass is 297 g/mol. The zero-order valence-corrected chi connectivity index (χ0v) is 12.1. The van der Waals surface area contributed by atoms with Gasteiger partial charge in [-0.05, 0) is 24.3 Å². The topological polar surface area (TPSA) is 67.4 Å². The number of fused-ring (bicyclic) bond motifs is 1. The SMILES string of the molecule is N#Cc1cc(-c2ccccn2)n(-c2cccc3cccnc23)n1. The van der Waals surface area contributed by atoms with E-state index in [1.54, 1.807) is 23.1 Å². The summed E-state index contributed by atoms with van der Waals surface area (Å²) >= 11 is 0. The highest BCUT2D eigenvalue weighted by atomic mass is 15.3. The number of para-hydroxylation sites is 1. The summed E-state index contributed by atoms with van der Waals surface area (Å²) in [6, 6.07) is 19.3. The average Bonchev–Trinajstić information content (AvgIpc) is 3.06. The first kappa shape index (κ1) is 13.2. The molecule has 0 saturated heterocycles. The molecule has 0 unspecified atom stereocenters. The standard InChI is InChI=1S/C18H11N5/c19-12-14-11-17(15-7-1-2-9-20-15)23(22-14)16-8-3-5-13-6-4-10-21-18(13)16/h1-11H. The lowest BCUT2D eigenvalue weighted by molar-refractivity contribution is 0.881. The Labute approximate surface area is 132 Å². The summed E-state index contributed by atoms with van der Waals surface area (Å²) in [7, 11) is 0. The van der Waals surface area contributed by atoms with Crippen molar-refractivity contribution in [1.82, 2.24) is 19.7 Å². The van der Waals surface area contributed by atoms with Crippen molar-refractivity contribution in [3.8, 4) is 23.1 Å². The molecule has 0 atom stereocenters. The predicted octanol–water partition coefficient (Wildman–Crippen LogP) is 3.35. The molecule has 0 aliphatic heterocycles. The second kappa shape index (κ2) is 5.35. The number of nitrogens with zero attached hydrogens (tertiary/aromatic N) is 5. The Kier molecular flexibility index (Phi) is 3.06. The van der Waals surface area contributed by atoms with Gasteiger partial charge in [0.05, 0.1) is 22.6 Å². The molecule has 0 amide bonds. The quantitative estimate of drug-likeness (QED) is 0.569. The van der Waals surface area contributed by atoms with E-state index in [4.69, 9.17) is 0 Å². The van der Waals surface area contributed by atoms with Crippen LogP contribution in [0.5, 0.6) is 0 Å². The van der Waals surface area contributed by atoms with Crippen LogP contribution >= 0.6 is 0 Å². The van der Waals surface area contributed by atoms with Gasteiger partial charge >= 0.3 is 0 Å². The van der Waals surface area contributed by atoms with Gasteiger partial charge in [-0.15, -0.1) is 0 Å². The van der Waals surface area contributed by atoms with Crippen molar-refractivity contribution < 1.29 is 0 Å². The number of nitriles is 1. The molecule has 0 N–H and O–H groups in total. The maximum Gasteiger partial charge on any atom is 0.163 e. The van der Waals surface area contributed by atoms with Crippen molar-refractivity contribution in [3.63, 3.8) is 0 Å². The minimum Gasteiger partial charge on any atom is -0.255 e. The van der Waals surface area contributed by atoms with Crippen molar-refractivity contribution in [2.45, 2.75) is 0 Å². The van der Waals surface area contributed by atoms with Gasteiger partial charge in [-0.2, -0.15) is 10.4 Å². The van der Waals surface area contributed by atoms with E-state index in [0.29, 0.717) is 5.69 Å². The molecule has 3 heterocycles. The molecule has 4 aromatic rings. The molecule has 23 heavy (non-hydrogen) atoms. The lowest BCUT2D eigenvalue weighted by Gasteiger charge is -2.09. The number of pyridine rings is 2. The van der Waals surface area contributed by atoms with Crippen molar-refractivity contribution >= 4 is 10.9 Å². The van der Waals surface area contributed by atoms with Gasteiger partial charge in [-0.3, -0.25) is 9.97 Å². The average molecular weight is 297 g/mol. The fourth-order valence-electron chi connectivity index (χ4n) is 2.58. The molecule has 0 aliphatic rings. The van der Waals surface area contributed by atoms with E-state index < -0.39 is 0 Å². The van der Waals surface area contributed by atoms with Crippen molar-refractivity contribution in [2.24, 2.45) is 0 Å². The Morgan fingerprint density at radius 1 is 0.913 bits per heavy atom. The van der Waals surface area contributed by atoms with E-state index in [1.165, 1.54) is 0 Å².